The molecule has 0 N–H and O–H groups in total. The van der Waals surface area contributed by atoms with E-state index in [4.69, 9.17) is 11.6 Å². The molecular weight excluding hydrogens is 212 g/mol. The lowest BCUT2D eigenvalue weighted by molar-refractivity contribution is 0.0600. The van der Waals surface area contributed by atoms with Crippen molar-refractivity contribution in [1.82, 2.24) is 0 Å². The van der Waals surface area contributed by atoms with Gasteiger partial charge in [-0.25, -0.2) is 4.79 Å². The minimum Gasteiger partial charge on any atom is -0.465 e. The second kappa shape index (κ2) is 6.46. The summed E-state index contributed by atoms with van der Waals surface area (Å²) in [6.45, 7) is 0. The third-order valence-electron chi connectivity index (χ3n) is 2.22. The maximum absolute atomic E-state index is 11.1. The number of hydrogen-bond donors (Lipinski definition) is 0. The van der Waals surface area contributed by atoms with E-state index < -0.39 is 0 Å². The molecule has 1 rings (SSSR count). The Morgan fingerprint density at radius 3 is 2.47 bits per heavy atom. The van der Waals surface area contributed by atoms with Crippen molar-refractivity contribution in [2.45, 2.75) is 19.3 Å². The van der Waals surface area contributed by atoms with E-state index in [1.165, 1.54) is 12.7 Å². The predicted octanol–water partition coefficient (Wildman–Crippen LogP) is 3.03. The maximum Gasteiger partial charge on any atom is 0.337 e. The minimum absolute atomic E-state index is 0.290. The quantitative estimate of drug-likeness (QED) is 0.438. The van der Waals surface area contributed by atoms with Crippen LogP contribution in [0.25, 0.3) is 0 Å². The summed E-state index contributed by atoms with van der Waals surface area (Å²) in [5, 5.41) is 0. The maximum atomic E-state index is 11.1. The molecule has 0 radical (unpaired) electrons. The summed E-state index contributed by atoms with van der Waals surface area (Å²) in [7, 11) is 1.39. The number of ether oxygens (including phenoxy) is 1. The van der Waals surface area contributed by atoms with E-state index in [2.05, 4.69) is 4.74 Å². The van der Waals surface area contributed by atoms with E-state index >= 15 is 0 Å². The number of hydrogen-bond acceptors (Lipinski definition) is 2. The Balaban J connectivity index is 2.52. The van der Waals surface area contributed by atoms with Gasteiger partial charge in [0.25, 0.3) is 0 Å². The van der Waals surface area contributed by atoms with Crippen molar-refractivity contribution in [2.24, 2.45) is 0 Å². The highest BCUT2D eigenvalue weighted by Crippen LogP contribution is 2.09. The lowest BCUT2D eigenvalue weighted by Crippen LogP contribution is -2.00. The van der Waals surface area contributed by atoms with Crippen molar-refractivity contribution in [1.29, 1.82) is 0 Å². The minimum atomic E-state index is -0.290. The first-order valence-electron chi connectivity index (χ1n) is 5.01. The topological polar surface area (TPSA) is 26.3 Å². The molecule has 0 aromatic heterocycles. The molecule has 2 nitrogen and oxygen atoms in total. The van der Waals surface area contributed by atoms with Gasteiger partial charge in [-0.2, -0.15) is 0 Å². The molecule has 0 heterocycles. The molecule has 15 heavy (non-hydrogen) atoms. The van der Waals surface area contributed by atoms with Gasteiger partial charge >= 0.3 is 5.97 Å². The zero-order chi connectivity index (χ0) is 11.1. The SMILES string of the molecule is COC(=O)c1ccc(CCCCCl)cc1. The Morgan fingerprint density at radius 2 is 1.93 bits per heavy atom. The molecule has 0 aliphatic carbocycles. The molecular formula is C12H15ClO2. The van der Waals surface area contributed by atoms with Gasteiger partial charge in [-0.1, -0.05) is 12.1 Å². The molecule has 0 aliphatic rings. The van der Waals surface area contributed by atoms with E-state index in [1.807, 2.05) is 12.1 Å². The number of unbranched alkanes of at least 4 members (excludes halogenated alkanes) is 1. The molecule has 0 atom stereocenters. The van der Waals surface area contributed by atoms with Gasteiger partial charge < -0.3 is 4.74 Å². The Labute approximate surface area is 95.2 Å². The second-order valence-electron chi connectivity index (χ2n) is 3.33. The summed E-state index contributed by atoms with van der Waals surface area (Å²) in [6.07, 6.45) is 3.12. The summed E-state index contributed by atoms with van der Waals surface area (Å²) in [5.74, 6) is 0.419. The van der Waals surface area contributed by atoms with E-state index in [-0.39, 0.29) is 5.97 Å². The summed E-state index contributed by atoms with van der Waals surface area (Å²) >= 11 is 5.59. The van der Waals surface area contributed by atoms with Gasteiger partial charge in [0.1, 0.15) is 0 Å². The predicted molar refractivity (Wildman–Crippen MR) is 61.4 cm³/mol. The normalized spacial score (nSPS) is 10.0. The van der Waals surface area contributed by atoms with E-state index in [9.17, 15) is 4.79 Å². The van der Waals surface area contributed by atoms with Gasteiger partial charge in [0, 0.05) is 5.88 Å². The van der Waals surface area contributed by atoms with E-state index in [0.29, 0.717) is 11.4 Å². The summed E-state index contributed by atoms with van der Waals surface area (Å²) < 4.78 is 4.62. The van der Waals surface area contributed by atoms with Gasteiger partial charge in [0.2, 0.25) is 0 Å². The molecule has 0 saturated heterocycles. The molecule has 0 bridgehead atoms. The molecule has 0 aliphatic heterocycles. The van der Waals surface area contributed by atoms with E-state index in [0.717, 1.165) is 19.3 Å². The number of aryl methyl sites for hydroxylation is 1. The van der Waals surface area contributed by atoms with Gasteiger partial charge in [0.15, 0.2) is 0 Å². The lowest BCUT2D eigenvalue weighted by atomic mass is 10.1. The van der Waals surface area contributed by atoms with Crippen LogP contribution in [0.1, 0.15) is 28.8 Å². The highest BCUT2D eigenvalue weighted by molar-refractivity contribution is 6.17. The number of esters is 1. The average molecular weight is 227 g/mol. The van der Waals surface area contributed by atoms with Crippen molar-refractivity contribution < 1.29 is 9.53 Å². The van der Waals surface area contributed by atoms with Gasteiger partial charge in [-0.3, -0.25) is 0 Å². The molecule has 0 fully saturated rings. The first-order chi connectivity index (χ1) is 7.27. The monoisotopic (exact) mass is 226 g/mol. The van der Waals surface area contributed by atoms with Gasteiger partial charge in [0.05, 0.1) is 12.7 Å². The molecule has 0 unspecified atom stereocenters. The fourth-order valence-electron chi connectivity index (χ4n) is 1.35. The van der Waals surface area contributed by atoms with Crippen LogP contribution in [-0.2, 0) is 11.2 Å². The van der Waals surface area contributed by atoms with Crippen LogP contribution < -0.4 is 0 Å². The van der Waals surface area contributed by atoms with Crippen LogP contribution in [0.15, 0.2) is 24.3 Å². The molecule has 1 aromatic rings. The van der Waals surface area contributed by atoms with Crippen LogP contribution in [0, 0.1) is 0 Å². The van der Waals surface area contributed by atoms with Crippen LogP contribution in [0.2, 0.25) is 0 Å². The van der Waals surface area contributed by atoms with Crippen molar-refractivity contribution in [2.75, 3.05) is 13.0 Å². The third-order valence-corrected chi connectivity index (χ3v) is 2.49. The average Bonchev–Trinajstić information content (AvgIpc) is 2.29. The first kappa shape index (κ1) is 12.1. The summed E-state index contributed by atoms with van der Waals surface area (Å²) in [6, 6.07) is 7.50. The Kier molecular flexibility index (Phi) is 5.19. The van der Waals surface area contributed by atoms with Crippen LogP contribution >= 0.6 is 11.6 Å². The molecule has 82 valence electrons. The summed E-state index contributed by atoms with van der Waals surface area (Å²) in [4.78, 5) is 11.1. The standard InChI is InChI=1S/C12H15ClO2/c1-15-12(14)11-7-5-10(6-8-11)4-2-3-9-13/h5-8H,2-4,9H2,1H3. The molecule has 3 heteroatoms. The molecule has 0 saturated carbocycles. The first-order valence-corrected chi connectivity index (χ1v) is 5.54. The second-order valence-corrected chi connectivity index (χ2v) is 3.71. The van der Waals surface area contributed by atoms with Gasteiger partial charge in [-0.15, -0.1) is 11.6 Å². The number of rotatable bonds is 5. The van der Waals surface area contributed by atoms with Crippen LogP contribution in [0.5, 0.6) is 0 Å². The molecule has 1 aromatic carbocycles. The lowest BCUT2D eigenvalue weighted by Gasteiger charge is -2.02. The highest BCUT2D eigenvalue weighted by atomic mass is 35.5. The number of alkyl halides is 1. The van der Waals surface area contributed by atoms with Crippen molar-refractivity contribution in [3.63, 3.8) is 0 Å². The van der Waals surface area contributed by atoms with Crippen molar-refractivity contribution in [3.05, 3.63) is 35.4 Å². The Hall–Kier alpha value is -1.02. The smallest absolute Gasteiger partial charge is 0.337 e. The fourth-order valence-corrected chi connectivity index (χ4v) is 1.54. The largest absolute Gasteiger partial charge is 0.465 e. The Morgan fingerprint density at radius 1 is 1.27 bits per heavy atom. The van der Waals surface area contributed by atoms with Crippen LogP contribution in [0.4, 0.5) is 0 Å². The number of halogens is 1. The Bertz CT molecular complexity index is 306. The molecule has 0 amide bonds. The fraction of sp³-hybridized carbons (Fsp3) is 0.417. The van der Waals surface area contributed by atoms with Crippen LogP contribution in [-0.4, -0.2) is 19.0 Å². The zero-order valence-corrected chi connectivity index (χ0v) is 9.59. The number of carbonyl (C=O) groups is 1. The highest BCUT2D eigenvalue weighted by Gasteiger charge is 2.03. The van der Waals surface area contributed by atoms with Crippen LogP contribution in [0.3, 0.4) is 0 Å². The van der Waals surface area contributed by atoms with E-state index in [1.54, 1.807) is 12.1 Å². The number of carbonyl (C=O) groups excluding carboxylic acids is 1. The van der Waals surface area contributed by atoms with Gasteiger partial charge in [-0.05, 0) is 37.0 Å². The molecule has 0 spiro atoms. The van der Waals surface area contributed by atoms with Crippen molar-refractivity contribution >= 4 is 17.6 Å². The number of methoxy groups -OCH3 is 1. The number of benzene rings is 1. The van der Waals surface area contributed by atoms with Crippen molar-refractivity contribution in [3.8, 4) is 0 Å². The third kappa shape index (κ3) is 3.92. The summed E-state index contributed by atoms with van der Waals surface area (Å²) in [5.41, 5.74) is 1.83. The zero-order valence-electron chi connectivity index (χ0n) is 8.83.